The molecule has 16 heavy (non-hydrogen) atoms. The summed E-state index contributed by atoms with van der Waals surface area (Å²) >= 11 is 9.10. The SMILES string of the molecule is Cc1cc(Br)cc(-c2cnc(CCCl)o2)c1. The van der Waals surface area contributed by atoms with Crippen molar-refractivity contribution in [1.29, 1.82) is 0 Å². The van der Waals surface area contributed by atoms with Gasteiger partial charge in [0.15, 0.2) is 11.7 Å². The van der Waals surface area contributed by atoms with Crippen molar-refractivity contribution in [2.45, 2.75) is 13.3 Å². The standard InChI is InChI=1S/C12H11BrClNO/c1-8-4-9(6-10(13)5-8)11-7-15-12(16-11)2-3-14/h4-7H,2-3H2,1H3. The fourth-order valence-corrected chi connectivity index (χ4v) is 2.29. The molecule has 0 unspecified atom stereocenters. The average Bonchev–Trinajstić information content (AvgIpc) is 2.65. The highest BCUT2D eigenvalue weighted by atomic mass is 79.9. The maximum absolute atomic E-state index is 5.63. The molecule has 0 radical (unpaired) electrons. The first-order valence-corrected chi connectivity index (χ1v) is 6.30. The van der Waals surface area contributed by atoms with Gasteiger partial charge >= 0.3 is 0 Å². The van der Waals surface area contributed by atoms with Crippen LogP contribution in [0.4, 0.5) is 0 Å². The minimum atomic E-state index is 0.525. The number of benzene rings is 1. The van der Waals surface area contributed by atoms with Crippen molar-refractivity contribution in [1.82, 2.24) is 4.98 Å². The van der Waals surface area contributed by atoms with Gasteiger partial charge in [-0.1, -0.05) is 15.9 Å². The Kier molecular flexibility index (Phi) is 3.66. The number of rotatable bonds is 3. The number of hydrogen-bond donors (Lipinski definition) is 0. The molecule has 0 atom stereocenters. The molecule has 1 heterocycles. The number of hydrogen-bond acceptors (Lipinski definition) is 2. The highest BCUT2D eigenvalue weighted by Crippen LogP contribution is 2.25. The van der Waals surface area contributed by atoms with Crippen LogP contribution in [0, 0.1) is 6.92 Å². The Morgan fingerprint density at radius 2 is 2.19 bits per heavy atom. The maximum atomic E-state index is 5.63. The summed E-state index contributed by atoms with van der Waals surface area (Å²) in [5.74, 6) is 1.99. The van der Waals surface area contributed by atoms with E-state index in [2.05, 4.69) is 33.0 Å². The number of alkyl halides is 1. The normalized spacial score (nSPS) is 10.7. The van der Waals surface area contributed by atoms with E-state index in [0.717, 1.165) is 15.8 Å². The average molecular weight is 301 g/mol. The van der Waals surface area contributed by atoms with Crippen LogP contribution in [0.3, 0.4) is 0 Å². The summed E-state index contributed by atoms with van der Waals surface area (Å²) < 4.78 is 6.64. The highest BCUT2D eigenvalue weighted by Gasteiger charge is 2.07. The first-order chi connectivity index (χ1) is 7.69. The van der Waals surface area contributed by atoms with E-state index in [-0.39, 0.29) is 0 Å². The van der Waals surface area contributed by atoms with Crippen molar-refractivity contribution in [2.24, 2.45) is 0 Å². The van der Waals surface area contributed by atoms with Crippen LogP contribution in [-0.2, 0) is 6.42 Å². The lowest BCUT2D eigenvalue weighted by molar-refractivity contribution is 0.514. The zero-order valence-corrected chi connectivity index (χ0v) is 11.2. The molecule has 0 saturated carbocycles. The molecule has 2 aromatic rings. The summed E-state index contributed by atoms with van der Waals surface area (Å²) in [6.45, 7) is 2.05. The van der Waals surface area contributed by atoms with Crippen molar-refractivity contribution in [2.75, 3.05) is 5.88 Å². The third-order valence-corrected chi connectivity index (χ3v) is 2.84. The van der Waals surface area contributed by atoms with Crippen LogP contribution in [0.2, 0.25) is 0 Å². The van der Waals surface area contributed by atoms with Crippen LogP contribution in [0.25, 0.3) is 11.3 Å². The number of oxazole rings is 1. The van der Waals surface area contributed by atoms with Crippen LogP contribution in [0.15, 0.2) is 33.3 Å². The topological polar surface area (TPSA) is 26.0 Å². The summed E-state index contributed by atoms with van der Waals surface area (Å²) in [6.07, 6.45) is 2.40. The molecular weight excluding hydrogens is 289 g/mol. The zero-order chi connectivity index (χ0) is 11.5. The third-order valence-electron chi connectivity index (χ3n) is 2.19. The van der Waals surface area contributed by atoms with Crippen molar-refractivity contribution in [3.8, 4) is 11.3 Å². The Bertz CT molecular complexity index is 475. The lowest BCUT2D eigenvalue weighted by Gasteiger charge is -2.00. The predicted octanol–water partition coefficient (Wildman–Crippen LogP) is 4.19. The molecule has 1 aromatic heterocycles. The van der Waals surface area contributed by atoms with Gasteiger partial charge < -0.3 is 4.42 Å². The lowest BCUT2D eigenvalue weighted by Crippen LogP contribution is -1.83. The van der Waals surface area contributed by atoms with Gasteiger partial charge in [-0.3, -0.25) is 0 Å². The van der Waals surface area contributed by atoms with Crippen LogP contribution in [0.1, 0.15) is 11.5 Å². The second-order valence-electron chi connectivity index (χ2n) is 3.57. The summed E-state index contributed by atoms with van der Waals surface area (Å²) in [7, 11) is 0. The second kappa shape index (κ2) is 5.02. The fourth-order valence-electron chi connectivity index (χ4n) is 1.52. The third kappa shape index (κ3) is 2.66. The molecule has 0 saturated heterocycles. The van der Waals surface area contributed by atoms with E-state index in [0.29, 0.717) is 18.2 Å². The Hall–Kier alpha value is -0.800. The van der Waals surface area contributed by atoms with Gasteiger partial charge in [0.05, 0.1) is 6.20 Å². The zero-order valence-electron chi connectivity index (χ0n) is 8.84. The lowest BCUT2D eigenvalue weighted by atomic mass is 10.1. The Labute approximate surface area is 108 Å². The molecule has 0 aliphatic carbocycles. The van der Waals surface area contributed by atoms with E-state index in [1.165, 1.54) is 5.56 Å². The molecule has 84 valence electrons. The number of nitrogens with zero attached hydrogens (tertiary/aromatic N) is 1. The molecule has 4 heteroatoms. The number of aryl methyl sites for hydroxylation is 2. The molecular formula is C12H11BrClNO. The molecule has 0 fully saturated rings. The van der Waals surface area contributed by atoms with E-state index >= 15 is 0 Å². The predicted molar refractivity (Wildman–Crippen MR) is 68.8 cm³/mol. The van der Waals surface area contributed by atoms with Gasteiger partial charge in [-0.05, 0) is 30.7 Å². The molecule has 0 aliphatic heterocycles. The van der Waals surface area contributed by atoms with Crippen molar-refractivity contribution in [3.63, 3.8) is 0 Å². The fraction of sp³-hybridized carbons (Fsp3) is 0.250. The maximum Gasteiger partial charge on any atom is 0.196 e. The quantitative estimate of drug-likeness (QED) is 0.794. The van der Waals surface area contributed by atoms with Gasteiger partial charge in [0, 0.05) is 22.3 Å². The Balaban J connectivity index is 2.34. The van der Waals surface area contributed by atoms with E-state index in [1.807, 2.05) is 13.0 Å². The molecule has 0 amide bonds. The van der Waals surface area contributed by atoms with Gasteiger partial charge in [0.1, 0.15) is 0 Å². The number of aromatic nitrogens is 1. The highest BCUT2D eigenvalue weighted by molar-refractivity contribution is 9.10. The van der Waals surface area contributed by atoms with Crippen molar-refractivity contribution in [3.05, 3.63) is 40.3 Å². The van der Waals surface area contributed by atoms with Gasteiger partial charge in [-0.2, -0.15) is 0 Å². The van der Waals surface area contributed by atoms with E-state index in [4.69, 9.17) is 16.0 Å². The summed E-state index contributed by atoms with van der Waals surface area (Å²) in [5.41, 5.74) is 2.21. The van der Waals surface area contributed by atoms with E-state index in [1.54, 1.807) is 6.20 Å². The molecule has 0 N–H and O–H groups in total. The van der Waals surface area contributed by atoms with Gasteiger partial charge in [0.2, 0.25) is 0 Å². The van der Waals surface area contributed by atoms with Crippen molar-refractivity contribution < 1.29 is 4.42 Å². The monoisotopic (exact) mass is 299 g/mol. The summed E-state index contributed by atoms with van der Waals surface area (Å²) in [5, 5.41) is 0. The minimum Gasteiger partial charge on any atom is -0.441 e. The second-order valence-corrected chi connectivity index (χ2v) is 4.87. The molecule has 0 bridgehead atoms. The van der Waals surface area contributed by atoms with Crippen LogP contribution in [-0.4, -0.2) is 10.9 Å². The minimum absolute atomic E-state index is 0.525. The first kappa shape index (κ1) is 11.7. The Morgan fingerprint density at radius 3 is 2.88 bits per heavy atom. The molecule has 2 nitrogen and oxygen atoms in total. The largest absolute Gasteiger partial charge is 0.441 e. The molecule has 1 aromatic carbocycles. The van der Waals surface area contributed by atoms with E-state index < -0.39 is 0 Å². The van der Waals surface area contributed by atoms with Gasteiger partial charge in [-0.15, -0.1) is 11.6 Å². The molecule has 0 spiro atoms. The summed E-state index contributed by atoms with van der Waals surface area (Å²) in [6, 6.07) is 6.13. The smallest absolute Gasteiger partial charge is 0.196 e. The van der Waals surface area contributed by atoms with E-state index in [9.17, 15) is 0 Å². The van der Waals surface area contributed by atoms with Crippen LogP contribution >= 0.6 is 27.5 Å². The molecule has 0 aliphatic rings. The number of halogens is 2. The van der Waals surface area contributed by atoms with Crippen molar-refractivity contribution >= 4 is 27.5 Å². The Morgan fingerprint density at radius 1 is 1.38 bits per heavy atom. The van der Waals surface area contributed by atoms with Gasteiger partial charge in [0.25, 0.3) is 0 Å². The summed E-state index contributed by atoms with van der Waals surface area (Å²) in [4.78, 5) is 4.18. The first-order valence-electron chi connectivity index (χ1n) is 4.97. The molecule has 2 rings (SSSR count). The van der Waals surface area contributed by atoms with Gasteiger partial charge in [-0.25, -0.2) is 4.98 Å². The van der Waals surface area contributed by atoms with Crippen LogP contribution < -0.4 is 0 Å². The van der Waals surface area contributed by atoms with Crippen LogP contribution in [0.5, 0.6) is 0 Å².